The van der Waals surface area contributed by atoms with Crippen molar-refractivity contribution in [2.24, 2.45) is 0 Å². The van der Waals surface area contributed by atoms with Crippen LogP contribution in [0.5, 0.6) is 0 Å². The number of anilines is 1. The molecule has 2 aromatic rings. The zero-order valence-electron chi connectivity index (χ0n) is 15.7. The van der Waals surface area contributed by atoms with E-state index in [0.717, 1.165) is 5.56 Å². The van der Waals surface area contributed by atoms with E-state index in [2.05, 4.69) is 5.32 Å². The number of rotatable bonds is 7. The number of benzene rings is 2. The molecular weight excluding hydrogens is 420 g/mol. The molecule has 1 N–H and O–H groups in total. The Kier molecular flexibility index (Phi) is 7.16. The molecule has 1 saturated heterocycles. The average Bonchev–Trinajstić information content (AvgIpc) is 3.00. The molecule has 0 spiro atoms. The molecule has 30 heavy (non-hydrogen) atoms. The molecular formula is C22H17N2O4S2-. The normalized spacial score (nSPS) is 15.2. The van der Waals surface area contributed by atoms with Crippen LogP contribution in [0.15, 0.2) is 71.7 Å². The van der Waals surface area contributed by atoms with Gasteiger partial charge in [-0.3, -0.25) is 14.5 Å². The molecule has 152 valence electrons. The van der Waals surface area contributed by atoms with Gasteiger partial charge in [-0.2, -0.15) is 0 Å². The maximum absolute atomic E-state index is 12.6. The van der Waals surface area contributed by atoms with E-state index in [4.69, 9.17) is 12.2 Å². The lowest BCUT2D eigenvalue weighted by Crippen LogP contribution is -2.31. The van der Waals surface area contributed by atoms with Gasteiger partial charge in [0, 0.05) is 18.7 Å². The third-order valence-corrected chi connectivity index (χ3v) is 5.55. The third kappa shape index (κ3) is 5.65. The summed E-state index contributed by atoms with van der Waals surface area (Å²) in [7, 11) is 0. The van der Waals surface area contributed by atoms with Gasteiger partial charge in [-0.05, 0) is 29.3 Å². The van der Waals surface area contributed by atoms with Crippen molar-refractivity contribution in [3.05, 3.63) is 82.8 Å². The van der Waals surface area contributed by atoms with Crippen LogP contribution in [-0.4, -0.2) is 33.5 Å². The summed E-state index contributed by atoms with van der Waals surface area (Å²) in [5.41, 5.74) is 1.33. The fraction of sp³-hybridized carbons (Fsp3) is 0.0909. The summed E-state index contributed by atoms with van der Waals surface area (Å²) in [5.74, 6) is -1.92. The number of carbonyl (C=O) groups is 3. The van der Waals surface area contributed by atoms with E-state index in [1.165, 1.54) is 34.9 Å². The van der Waals surface area contributed by atoms with Gasteiger partial charge in [0.15, 0.2) is 0 Å². The number of thiocarbonyl (C=S) groups is 1. The Morgan fingerprint density at radius 2 is 1.90 bits per heavy atom. The molecule has 1 aliphatic rings. The molecule has 0 bridgehead atoms. The summed E-state index contributed by atoms with van der Waals surface area (Å²) in [4.78, 5) is 37.5. The molecule has 8 heteroatoms. The minimum absolute atomic E-state index is 0.0229. The first-order valence-corrected chi connectivity index (χ1v) is 10.2. The third-order valence-electron chi connectivity index (χ3n) is 4.15. The molecule has 1 aliphatic heterocycles. The van der Waals surface area contributed by atoms with Crippen molar-refractivity contribution in [1.82, 2.24) is 4.90 Å². The predicted octanol–water partition coefficient (Wildman–Crippen LogP) is 2.84. The van der Waals surface area contributed by atoms with Crippen LogP contribution in [0.1, 0.15) is 22.3 Å². The number of aromatic carboxylic acids is 1. The van der Waals surface area contributed by atoms with Crippen LogP contribution in [0, 0.1) is 0 Å². The standard InChI is InChI=1S/C22H18N2O4S2/c25-19(23-17-10-5-9-16(14-17)21(27)28)12-13-24-20(26)18(30-22(24)29)11-4-8-15-6-2-1-3-7-15/h1-11,14H,12-13H2,(H,23,25)(H,27,28)/p-1/b8-4+,18-11-. The number of allylic oxidation sites excluding steroid dienone is 2. The second kappa shape index (κ2) is 10.00. The topological polar surface area (TPSA) is 89.5 Å². The van der Waals surface area contributed by atoms with E-state index in [9.17, 15) is 19.5 Å². The van der Waals surface area contributed by atoms with Gasteiger partial charge in [-0.25, -0.2) is 0 Å². The van der Waals surface area contributed by atoms with Crippen LogP contribution in [0.3, 0.4) is 0 Å². The first-order valence-electron chi connectivity index (χ1n) is 9.02. The fourth-order valence-corrected chi connectivity index (χ4v) is 3.94. The lowest BCUT2D eigenvalue weighted by molar-refractivity contribution is -0.255. The number of amides is 2. The fourth-order valence-electron chi connectivity index (χ4n) is 2.68. The highest BCUT2D eigenvalue weighted by Crippen LogP contribution is 2.31. The number of carboxylic acid groups (broad SMARTS) is 1. The van der Waals surface area contributed by atoms with Crippen molar-refractivity contribution in [1.29, 1.82) is 0 Å². The Hall–Kier alpha value is -3.23. The summed E-state index contributed by atoms with van der Waals surface area (Å²) in [6.07, 6.45) is 5.41. The highest BCUT2D eigenvalue weighted by atomic mass is 32.2. The van der Waals surface area contributed by atoms with Gasteiger partial charge in [-0.15, -0.1) is 0 Å². The van der Waals surface area contributed by atoms with E-state index in [-0.39, 0.29) is 30.3 Å². The van der Waals surface area contributed by atoms with Gasteiger partial charge in [-0.1, -0.05) is 78.6 Å². The molecule has 2 amide bonds. The second-order valence-electron chi connectivity index (χ2n) is 6.29. The number of nitrogens with one attached hydrogen (secondary N) is 1. The molecule has 0 radical (unpaired) electrons. The van der Waals surface area contributed by atoms with Crippen LogP contribution < -0.4 is 10.4 Å². The van der Waals surface area contributed by atoms with E-state index in [1.54, 1.807) is 18.2 Å². The number of carbonyl (C=O) groups excluding carboxylic acids is 3. The highest BCUT2D eigenvalue weighted by molar-refractivity contribution is 8.26. The molecule has 6 nitrogen and oxygen atoms in total. The molecule has 0 aromatic heterocycles. The van der Waals surface area contributed by atoms with Gasteiger partial charge in [0.2, 0.25) is 5.91 Å². The van der Waals surface area contributed by atoms with Crippen LogP contribution in [0.2, 0.25) is 0 Å². The maximum atomic E-state index is 12.6. The highest BCUT2D eigenvalue weighted by Gasteiger charge is 2.31. The van der Waals surface area contributed by atoms with Gasteiger partial charge < -0.3 is 15.2 Å². The number of hydrogen-bond donors (Lipinski definition) is 1. The number of hydrogen-bond acceptors (Lipinski definition) is 6. The average molecular weight is 438 g/mol. The summed E-state index contributed by atoms with van der Waals surface area (Å²) >= 11 is 6.46. The minimum Gasteiger partial charge on any atom is -0.545 e. The summed E-state index contributed by atoms with van der Waals surface area (Å²) in [6.45, 7) is 0.135. The van der Waals surface area contributed by atoms with E-state index >= 15 is 0 Å². The van der Waals surface area contributed by atoms with Crippen molar-refractivity contribution in [2.75, 3.05) is 11.9 Å². The first-order chi connectivity index (χ1) is 14.4. The van der Waals surface area contributed by atoms with Crippen molar-refractivity contribution in [2.45, 2.75) is 6.42 Å². The molecule has 2 aromatic carbocycles. The zero-order chi connectivity index (χ0) is 21.5. The number of thioether (sulfide) groups is 1. The Morgan fingerprint density at radius 1 is 1.13 bits per heavy atom. The number of nitrogens with zero attached hydrogens (tertiary/aromatic N) is 1. The van der Waals surface area contributed by atoms with E-state index in [0.29, 0.717) is 14.9 Å². The molecule has 0 aliphatic carbocycles. The maximum Gasteiger partial charge on any atom is 0.266 e. The lowest BCUT2D eigenvalue weighted by atomic mass is 10.2. The predicted molar refractivity (Wildman–Crippen MR) is 119 cm³/mol. The van der Waals surface area contributed by atoms with Crippen LogP contribution in [0.25, 0.3) is 6.08 Å². The van der Waals surface area contributed by atoms with E-state index in [1.807, 2.05) is 36.4 Å². The Morgan fingerprint density at radius 3 is 2.63 bits per heavy atom. The quantitative estimate of drug-likeness (QED) is 0.529. The van der Waals surface area contributed by atoms with Crippen molar-refractivity contribution < 1.29 is 19.5 Å². The van der Waals surface area contributed by atoms with Crippen molar-refractivity contribution in [3.8, 4) is 0 Å². The van der Waals surface area contributed by atoms with Gasteiger partial charge >= 0.3 is 0 Å². The minimum atomic E-state index is -1.32. The van der Waals surface area contributed by atoms with Crippen LogP contribution >= 0.6 is 24.0 Å². The van der Waals surface area contributed by atoms with E-state index < -0.39 is 5.97 Å². The summed E-state index contributed by atoms with van der Waals surface area (Å²) in [6, 6.07) is 15.5. The molecule has 1 fully saturated rings. The monoisotopic (exact) mass is 437 g/mol. The Labute approximate surface area is 183 Å². The van der Waals surface area contributed by atoms with Crippen LogP contribution in [0.4, 0.5) is 5.69 Å². The van der Waals surface area contributed by atoms with Crippen LogP contribution in [-0.2, 0) is 9.59 Å². The number of carboxylic acids is 1. The summed E-state index contributed by atoms with van der Waals surface area (Å²) < 4.78 is 0.395. The van der Waals surface area contributed by atoms with Crippen molar-refractivity contribution in [3.63, 3.8) is 0 Å². The summed E-state index contributed by atoms with van der Waals surface area (Å²) in [5, 5.41) is 13.5. The molecule has 0 unspecified atom stereocenters. The van der Waals surface area contributed by atoms with Gasteiger partial charge in [0.1, 0.15) is 4.32 Å². The Balaban J connectivity index is 1.56. The van der Waals surface area contributed by atoms with Crippen molar-refractivity contribution >= 4 is 57.8 Å². The van der Waals surface area contributed by atoms with Gasteiger partial charge in [0.05, 0.1) is 10.9 Å². The first kappa shape index (κ1) is 21.5. The largest absolute Gasteiger partial charge is 0.545 e. The lowest BCUT2D eigenvalue weighted by Gasteiger charge is -2.14. The zero-order valence-corrected chi connectivity index (χ0v) is 17.4. The Bertz CT molecular complexity index is 1050. The molecule has 0 saturated carbocycles. The molecule has 3 rings (SSSR count). The molecule has 0 atom stereocenters. The van der Waals surface area contributed by atoms with Gasteiger partial charge in [0.25, 0.3) is 5.91 Å². The SMILES string of the molecule is O=C(CCN1C(=O)/C(=C/C=C/c2ccccc2)SC1=S)Nc1cccc(C(=O)[O-])c1. The molecule has 1 heterocycles. The second-order valence-corrected chi connectivity index (χ2v) is 7.97. The smallest absolute Gasteiger partial charge is 0.266 e.